The van der Waals surface area contributed by atoms with Crippen LogP contribution in [0.5, 0.6) is 0 Å². The second-order valence-corrected chi connectivity index (χ2v) is 2.30. The van der Waals surface area contributed by atoms with E-state index in [4.69, 9.17) is 0 Å². The predicted molar refractivity (Wildman–Crippen MR) is 38.8 cm³/mol. The summed E-state index contributed by atoms with van der Waals surface area (Å²) in [7, 11) is 0. The maximum atomic E-state index is 10.5. The number of rotatable bonds is 1. The molecular weight excluding hydrogens is 152 g/mol. The van der Waals surface area contributed by atoms with Gasteiger partial charge in [0.05, 0.1) is 0 Å². The molecule has 1 heterocycles. The Morgan fingerprint density at radius 3 is 2.70 bits per heavy atom. The van der Waals surface area contributed by atoms with E-state index in [2.05, 4.69) is 23.2 Å². The van der Waals surface area contributed by atoms with Gasteiger partial charge in [-0.25, -0.2) is 5.43 Å². The molecular formula is C5H6N2O2S. The van der Waals surface area contributed by atoms with Gasteiger partial charge in [0.25, 0.3) is 0 Å². The van der Waals surface area contributed by atoms with Crippen molar-refractivity contribution >= 4 is 29.4 Å². The molecule has 0 aromatic rings. The lowest BCUT2D eigenvalue weighted by Gasteiger charge is -2.07. The molecule has 0 atom stereocenters. The van der Waals surface area contributed by atoms with Gasteiger partial charge in [0, 0.05) is 12.8 Å². The van der Waals surface area contributed by atoms with Gasteiger partial charge in [0.15, 0.2) is 0 Å². The summed E-state index contributed by atoms with van der Waals surface area (Å²) in [6, 6.07) is 0. The summed E-state index contributed by atoms with van der Waals surface area (Å²) in [6.45, 7) is 0. The molecule has 10 heavy (non-hydrogen) atoms. The SMILES string of the molecule is O=C1CCC(C(=O)S)=NN1. The third-order valence-corrected chi connectivity index (χ3v) is 1.41. The van der Waals surface area contributed by atoms with Crippen LogP contribution in [-0.2, 0) is 9.59 Å². The van der Waals surface area contributed by atoms with Crippen LogP contribution in [0.25, 0.3) is 0 Å². The number of hydrogen-bond donors (Lipinski definition) is 2. The van der Waals surface area contributed by atoms with E-state index < -0.39 is 0 Å². The lowest BCUT2D eigenvalue weighted by molar-refractivity contribution is -0.121. The van der Waals surface area contributed by atoms with E-state index in [-0.39, 0.29) is 11.0 Å². The smallest absolute Gasteiger partial charge is 0.240 e. The van der Waals surface area contributed by atoms with Gasteiger partial charge < -0.3 is 0 Å². The number of amides is 1. The number of hydrogen-bond acceptors (Lipinski definition) is 3. The number of nitrogens with one attached hydrogen (secondary N) is 1. The second-order valence-electron chi connectivity index (χ2n) is 1.90. The van der Waals surface area contributed by atoms with E-state index in [1.807, 2.05) is 0 Å². The number of carbonyl (C=O) groups excluding carboxylic acids is 2. The molecule has 0 aliphatic carbocycles. The fraction of sp³-hybridized carbons (Fsp3) is 0.400. The Morgan fingerprint density at radius 2 is 2.30 bits per heavy atom. The largest absolute Gasteiger partial charge is 0.280 e. The Morgan fingerprint density at radius 1 is 1.60 bits per heavy atom. The molecule has 4 nitrogen and oxygen atoms in total. The maximum absolute atomic E-state index is 10.5. The van der Waals surface area contributed by atoms with Crippen LogP contribution in [0, 0.1) is 0 Å². The van der Waals surface area contributed by atoms with Crippen molar-refractivity contribution in [2.24, 2.45) is 5.10 Å². The first-order chi connectivity index (χ1) is 4.70. The van der Waals surface area contributed by atoms with Gasteiger partial charge in [-0.1, -0.05) is 12.6 Å². The van der Waals surface area contributed by atoms with E-state index in [0.717, 1.165) is 0 Å². The second kappa shape index (κ2) is 2.83. The van der Waals surface area contributed by atoms with Crippen molar-refractivity contribution in [3.05, 3.63) is 0 Å². The average molecular weight is 158 g/mol. The Labute approximate surface area is 63.1 Å². The summed E-state index contributed by atoms with van der Waals surface area (Å²) in [4.78, 5) is 21.0. The Kier molecular flexibility index (Phi) is 2.06. The topological polar surface area (TPSA) is 58.5 Å². The van der Waals surface area contributed by atoms with Crippen molar-refractivity contribution in [1.29, 1.82) is 0 Å². The van der Waals surface area contributed by atoms with Crippen LogP contribution in [-0.4, -0.2) is 16.7 Å². The van der Waals surface area contributed by atoms with E-state index >= 15 is 0 Å². The van der Waals surface area contributed by atoms with Gasteiger partial charge in [-0.3, -0.25) is 9.59 Å². The summed E-state index contributed by atoms with van der Waals surface area (Å²) in [5, 5.41) is 3.13. The molecule has 1 N–H and O–H groups in total. The zero-order valence-electron chi connectivity index (χ0n) is 5.13. The molecule has 0 aromatic carbocycles. The van der Waals surface area contributed by atoms with Gasteiger partial charge in [0.1, 0.15) is 5.71 Å². The summed E-state index contributed by atoms with van der Waals surface area (Å²) >= 11 is 3.55. The lowest BCUT2D eigenvalue weighted by Crippen LogP contribution is -2.27. The monoisotopic (exact) mass is 158 g/mol. The van der Waals surface area contributed by atoms with Crippen molar-refractivity contribution in [3.63, 3.8) is 0 Å². The normalized spacial score (nSPS) is 17.7. The molecule has 0 bridgehead atoms. The van der Waals surface area contributed by atoms with E-state index in [1.54, 1.807) is 0 Å². The molecule has 0 saturated heterocycles. The van der Waals surface area contributed by atoms with Crippen molar-refractivity contribution in [1.82, 2.24) is 5.43 Å². The maximum Gasteiger partial charge on any atom is 0.240 e. The van der Waals surface area contributed by atoms with Gasteiger partial charge in [0.2, 0.25) is 11.0 Å². The number of hydrazone groups is 1. The highest BCUT2D eigenvalue weighted by Crippen LogP contribution is 2.01. The summed E-state index contributed by atoms with van der Waals surface area (Å²) in [5.41, 5.74) is 2.51. The lowest BCUT2D eigenvalue weighted by atomic mass is 10.2. The van der Waals surface area contributed by atoms with Crippen LogP contribution in [0.1, 0.15) is 12.8 Å². The molecule has 1 aliphatic heterocycles. The fourth-order valence-corrected chi connectivity index (χ4v) is 0.790. The van der Waals surface area contributed by atoms with Crippen LogP contribution in [0.2, 0.25) is 0 Å². The molecule has 0 saturated carbocycles. The van der Waals surface area contributed by atoms with Gasteiger partial charge in [-0.05, 0) is 0 Å². The van der Waals surface area contributed by atoms with Gasteiger partial charge in [-0.2, -0.15) is 5.10 Å². The third-order valence-electron chi connectivity index (χ3n) is 1.15. The minimum atomic E-state index is -0.375. The highest BCUT2D eigenvalue weighted by Gasteiger charge is 2.14. The van der Waals surface area contributed by atoms with Crippen LogP contribution in [0.15, 0.2) is 5.10 Å². The van der Waals surface area contributed by atoms with Crippen molar-refractivity contribution < 1.29 is 9.59 Å². The molecule has 0 spiro atoms. The molecule has 1 amide bonds. The standard InChI is InChI=1S/C5H6N2O2S/c8-4-2-1-3(5(9)10)6-7-4/h1-2H2,(H,7,8)(H,9,10). The summed E-state index contributed by atoms with van der Waals surface area (Å²) < 4.78 is 0. The van der Waals surface area contributed by atoms with E-state index in [9.17, 15) is 9.59 Å². The van der Waals surface area contributed by atoms with Crippen molar-refractivity contribution in [2.45, 2.75) is 12.8 Å². The molecule has 0 fully saturated rings. The molecule has 0 radical (unpaired) electrons. The summed E-state index contributed by atoms with van der Waals surface area (Å²) in [5.74, 6) is -0.154. The average Bonchev–Trinajstić information content (AvgIpc) is 1.88. The highest BCUT2D eigenvalue weighted by atomic mass is 32.1. The minimum Gasteiger partial charge on any atom is -0.280 e. The summed E-state index contributed by atoms with van der Waals surface area (Å²) in [6.07, 6.45) is 0.722. The first kappa shape index (κ1) is 7.27. The van der Waals surface area contributed by atoms with Crippen LogP contribution < -0.4 is 5.43 Å². The molecule has 0 unspecified atom stereocenters. The molecule has 5 heteroatoms. The first-order valence-electron chi connectivity index (χ1n) is 2.79. The van der Waals surface area contributed by atoms with Crippen molar-refractivity contribution in [3.8, 4) is 0 Å². The Hall–Kier alpha value is -0.840. The van der Waals surface area contributed by atoms with Crippen molar-refractivity contribution in [2.75, 3.05) is 0 Å². The first-order valence-corrected chi connectivity index (χ1v) is 3.23. The van der Waals surface area contributed by atoms with Crippen LogP contribution in [0.4, 0.5) is 0 Å². The molecule has 1 rings (SSSR count). The number of thiol groups is 1. The van der Waals surface area contributed by atoms with E-state index in [0.29, 0.717) is 18.6 Å². The molecule has 54 valence electrons. The Balaban J connectivity index is 2.65. The van der Waals surface area contributed by atoms with Gasteiger partial charge >= 0.3 is 0 Å². The zero-order chi connectivity index (χ0) is 7.56. The number of carbonyl (C=O) groups is 2. The Bertz CT molecular complexity index is 212. The predicted octanol–water partition coefficient (Wildman–Crippen LogP) is -0.291. The third kappa shape index (κ3) is 1.57. The minimum absolute atomic E-state index is 0.154. The van der Waals surface area contributed by atoms with Crippen LogP contribution in [0.3, 0.4) is 0 Å². The zero-order valence-corrected chi connectivity index (χ0v) is 6.02. The molecule has 1 aliphatic rings. The quantitative estimate of drug-likeness (QED) is 0.515. The van der Waals surface area contributed by atoms with E-state index in [1.165, 1.54) is 0 Å². The van der Waals surface area contributed by atoms with Crippen LogP contribution >= 0.6 is 12.6 Å². The highest BCUT2D eigenvalue weighted by molar-refractivity contribution is 7.98. The van der Waals surface area contributed by atoms with Gasteiger partial charge in [-0.15, -0.1) is 0 Å². The number of nitrogens with zero attached hydrogens (tertiary/aromatic N) is 1. The fourth-order valence-electron chi connectivity index (χ4n) is 0.628. The molecule has 0 aromatic heterocycles.